The zero-order valence-electron chi connectivity index (χ0n) is 5.09. The molecule has 0 saturated carbocycles. The monoisotopic (exact) mass is 162 g/mol. The predicted molar refractivity (Wildman–Crippen MR) is 43.6 cm³/mol. The van der Waals surface area contributed by atoms with E-state index in [4.69, 9.17) is 0 Å². The van der Waals surface area contributed by atoms with Gasteiger partial charge in [0.15, 0.2) is 0 Å². The molecule has 2 atom stereocenters. The van der Waals surface area contributed by atoms with Crippen LogP contribution in [-0.4, -0.2) is 28.9 Å². The number of rotatable bonds is 0. The summed E-state index contributed by atoms with van der Waals surface area (Å²) in [5.41, 5.74) is 0. The lowest BCUT2D eigenvalue weighted by Gasteiger charge is -2.25. The maximum Gasteiger partial charge on any atom is 0.0791 e. The number of hydrogen-bond donors (Lipinski definition) is 2. The van der Waals surface area contributed by atoms with E-state index in [1.165, 1.54) is 5.08 Å². The first kappa shape index (κ1) is 6.34. The van der Waals surface area contributed by atoms with Crippen LogP contribution in [0.15, 0.2) is 0 Å². The molecule has 4 heteroatoms. The average Bonchev–Trinajstić information content (AvgIpc) is 2.33. The summed E-state index contributed by atoms with van der Waals surface area (Å²) in [7, 11) is 0. The van der Waals surface area contributed by atoms with Crippen LogP contribution in [0.2, 0.25) is 0 Å². The molecule has 0 radical (unpaired) electrons. The standard InChI is InChI=1S/C5H10N2S2/c1-2-7-5-4(6-1)8-3-9-5/h4-7H,1-3H2. The molecule has 0 aromatic rings. The number of hydrogen-bond acceptors (Lipinski definition) is 4. The summed E-state index contributed by atoms with van der Waals surface area (Å²) in [5, 5.41) is 9.53. The Labute approximate surface area is 63.5 Å². The largest absolute Gasteiger partial charge is 0.302 e. The lowest BCUT2D eigenvalue weighted by Crippen LogP contribution is -2.50. The van der Waals surface area contributed by atoms with Gasteiger partial charge in [-0.05, 0) is 0 Å². The van der Waals surface area contributed by atoms with Gasteiger partial charge in [0.25, 0.3) is 0 Å². The van der Waals surface area contributed by atoms with E-state index in [1.54, 1.807) is 0 Å². The molecule has 2 N–H and O–H groups in total. The summed E-state index contributed by atoms with van der Waals surface area (Å²) in [4.78, 5) is 0. The van der Waals surface area contributed by atoms with Crippen LogP contribution in [0.25, 0.3) is 0 Å². The van der Waals surface area contributed by atoms with Gasteiger partial charge in [-0.3, -0.25) is 0 Å². The molecule has 2 aliphatic rings. The van der Waals surface area contributed by atoms with Crippen molar-refractivity contribution < 1.29 is 0 Å². The van der Waals surface area contributed by atoms with Crippen molar-refractivity contribution >= 4 is 23.5 Å². The van der Waals surface area contributed by atoms with Gasteiger partial charge in [0.05, 0.1) is 10.7 Å². The molecule has 0 aliphatic carbocycles. The first-order valence-corrected chi connectivity index (χ1v) is 5.26. The minimum atomic E-state index is 0.684. The molecular weight excluding hydrogens is 152 g/mol. The van der Waals surface area contributed by atoms with Crippen molar-refractivity contribution in [3.05, 3.63) is 0 Å². The number of fused-ring (bicyclic) bond motifs is 1. The van der Waals surface area contributed by atoms with Crippen LogP contribution >= 0.6 is 23.5 Å². The molecule has 2 saturated heterocycles. The van der Waals surface area contributed by atoms with Gasteiger partial charge in [-0.25, -0.2) is 0 Å². The highest BCUT2D eigenvalue weighted by molar-refractivity contribution is 8.19. The first-order chi connectivity index (χ1) is 4.47. The van der Waals surface area contributed by atoms with Gasteiger partial charge in [-0.15, -0.1) is 23.5 Å². The topological polar surface area (TPSA) is 24.1 Å². The van der Waals surface area contributed by atoms with E-state index in [2.05, 4.69) is 10.6 Å². The normalized spacial score (nSPS) is 42.7. The maximum atomic E-state index is 3.46. The third-order valence-electron chi connectivity index (χ3n) is 1.59. The number of piperazine rings is 1. The van der Waals surface area contributed by atoms with Crippen molar-refractivity contribution in [2.45, 2.75) is 10.7 Å². The molecule has 0 aromatic heterocycles. The Kier molecular flexibility index (Phi) is 1.90. The maximum absolute atomic E-state index is 3.46. The second kappa shape index (κ2) is 2.70. The Hall–Kier alpha value is 0.620. The summed E-state index contributed by atoms with van der Waals surface area (Å²) in [6.07, 6.45) is 0. The highest BCUT2D eigenvalue weighted by Gasteiger charge is 2.29. The number of thioether (sulfide) groups is 2. The fourth-order valence-corrected chi connectivity index (χ4v) is 4.09. The molecule has 2 unspecified atom stereocenters. The Morgan fingerprint density at radius 1 is 1.00 bits per heavy atom. The minimum absolute atomic E-state index is 0.684. The van der Waals surface area contributed by atoms with E-state index in [0.29, 0.717) is 10.7 Å². The summed E-state index contributed by atoms with van der Waals surface area (Å²) < 4.78 is 0. The van der Waals surface area contributed by atoms with E-state index < -0.39 is 0 Å². The predicted octanol–water partition coefficient (Wildman–Crippen LogP) is 0.269. The lowest BCUT2D eigenvalue weighted by atomic mass is 10.4. The van der Waals surface area contributed by atoms with Crippen molar-refractivity contribution in [1.29, 1.82) is 0 Å². The molecule has 2 heterocycles. The molecular formula is C5H10N2S2. The average molecular weight is 162 g/mol. The van der Waals surface area contributed by atoms with Crippen molar-refractivity contribution in [2.24, 2.45) is 0 Å². The van der Waals surface area contributed by atoms with Crippen molar-refractivity contribution in [3.8, 4) is 0 Å². The Morgan fingerprint density at radius 3 is 2.11 bits per heavy atom. The Balaban J connectivity index is 1.97. The fourth-order valence-electron chi connectivity index (χ4n) is 1.12. The fraction of sp³-hybridized carbons (Fsp3) is 1.00. The molecule has 9 heavy (non-hydrogen) atoms. The van der Waals surface area contributed by atoms with Gasteiger partial charge in [0, 0.05) is 18.2 Å². The second-order valence-electron chi connectivity index (χ2n) is 2.20. The Bertz CT molecular complexity index is 97.1. The quantitative estimate of drug-likeness (QED) is 0.534. The van der Waals surface area contributed by atoms with Crippen LogP contribution in [0.5, 0.6) is 0 Å². The molecule has 0 spiro atoms. The molecule has 2 rings (SSSR count). The van der Waals surface area contributed by atoms with E-state index in [-0.39, 0.29) is 0 Å². The smallest absolute Gasteiger partial charge is 0.0791 e. The highest BCUT2D eigenvalue weighted by Crippen LogP contribution is 2.34. The zero-order valence-corrected chi connectivity index (χ0v) is 6.73. The minimum Gasteiger partial charge on any atom is -0.302 e. The molecule has 2 fully saturated rings. The third kappa shape index (κ3) is 1.22. The van der Waals surface area contributed by atoms with E-state index in [9.17, 15) is 0 Å². The van der Waals surface area contributed by atoms with Gasteiger partial charge >= 0.3 is 0 Å². The van der Waals surface area contributed by atoms with E-state index in [0.717, 1.165) is 13.1 Å². The van der Waals surface area contributed by atoms with Crippen molar-refractivity contribution in [2.75, 3.05) is 18.2 Å². The number of nitrogens with one attached hydrogen (secondary N) is 2. The van der Waals surface area contributed by atoms with Crippen LogP contribution in [0.1, 0.15) is 0 Å². The van der Waals surface area contributed by atoms with Crippen LogP contribution < -0.4 is 10.6 Å². The van der Waals surface area contributed by atoms with Crippen molar-refractivity contribution in [1.82, 2.24) is 10.6 Å². The lowest BCUT2D eigenvalue weighted by molar-refractivity contribution is 0.484. The molecule has 2 nitrogen and oxygen atoms in total. The van der Waals surface area contributed by atoms with Gasteiger partial charge < -0.3 is 10.6 Å². The van der Waals surface area contributed by atoms with Crippen LogP contribution in [0.4, 0.5) is 0 Å². The van der Waals surface area contributed by atoms with Gasteiger partial charge in [0.1, 0.15) is 0 Å². The van der Waals surface area contributed by atoms with Gasteiger partial charge in [-0.1, -0.05) is 0 Å². The highest BCUT2D eigenvalue weighted by atomic mass is 32.2. The summed E-state index contributed by atoms with van der Waals surface area (Å²) in [5.74, 6) is 0. The SMILES string of the molecule is C1CNC2SCSC2N1. The van der Waals surface area contributed by atoms with E-state index in [1.807, 2.05) is 23.5 Å². The molecule has 52 valence electrons. The summed E-state index contributed by atoms with van der Waals surface area (Å²) in [6.45, 7) is 2.27. The molecule has 2 aliphatic heterocycles. The van der Waals surface area contributed by atoms with Gasteiger partial charge in [0.2, 0.25) is 0 Å². The zero-order chi connectivity index (χ0) is 6.10. The van der Waals surface area contributed by atoms with Crippen LogP contribution in [-0.2, 0) is 0 Å². The van der Waals surface area contributed by atoms with Crippen LogP contribution in [0, 0.1) is 0 Å². The molecule has 0 bridgehead atoms. The summed E-state index contributed by atoms with van der Waals surface area (Å²) >= 11 is 4.03. The molecule has 0 amide bonds. The summed E-state index contributed by atoms with van der Waals surface area (Å²) in [6, 6.07) is 0. The Morgan fingerprint density at radius 2 is 1.56 bits per heavy atom. The van der Waals surface area contributed by atoms with Gasteiger partial charge in [-0.2, -0.15) is 0 Å². The van der Waals surface area contributed by atoms with Crippen LogP contribution in [0.3, 0.4) is 0 Å². The van der Waals surface area contributed by atoms with Crippen molar-refractivity contribution in [3.63, 3.8) is 0 Å². The third-order valence-corrected chi connectivity index (χ3v) is 4.44. The molecule has 0 aromatic carbocycles. The first-order valence-electron chi connectivity index (χ1n) is 3.17. The van der Waals surface area contributed by atoms with E-state index >= 15 is 0 Å². The second-order valence-corrected chi connectivity index (χ2v) is 4.83.